The number of anilines is 3. The van der Waals surface area contributed by atoms with E-state index in [0.29, 0.717) is 37.7 Å². The molecule has 176 valence electrons. The lowest BCUT2D eigenvalue weighted by molar-refractivity contribution is -0.384. The summed E-state index contributed by atoms with van der Waals surface area (Å²) in [6.07, 6.45) is 2.31. The zero-order chi connectivity index (χ0) is 23.5. The second-order valence-corrected chi connectivity index (χ2v) is 9.04. The molecule has 0 saturated carbocycles. The summed E-state index contributed by atoms with van der Waals surface area (Å²) in [6, 6.07) is 12.1. The molecule has 2 aromatic rings. The number of nitrogens with zero attached hydrogens (tertiary/aromatic N) is 4. The SMILES string of the molecule is CN(C)C1CCN(c2ccc(NC(=O)C3CCN(c4ccc(F)cc4[N+](=O)[O-])CC3)cc2)C1. The summed E-state index contributed by atoms with van der Waals surface area (Å²) in [4.78, 5) is 30.0. The molecule has 1 N–H and O–H groups in total. The molecular formula is C24H30FN5O3. The van der Waals surface area contributed by atoms with Crippen LogP contribution >= 0.6 is 0 Å². The summed E-state index contributed by atoms with van der Waals surface area (Å²) in [5.74, 6) is -0.835. The van der Waals surface area contributed by atoms with E-state index in [-0.39, 0.29) is 17.5 Å². The van der Waals surface area contributed by atoms with Gasteiger partial charge in [-0.2, -0.15) is 0 Å². The Morgan fingerprint density at radius 3 is 2.33 bits per heavy atom. The van der Waals surface area contributed by atoms with Gasteiger partial charge in [-0.25, -0.2) is 4.39 Å². The smallest absolute Gasteiger partial charge is 0.295 e. The summed E-state index contributed by atoms with van der Waals surface area (Å²) in [7, 11) is 4.22. The molecule has 1 amide bonds. The lowest BCUT2D eigenvalue weighted by Crippen LogP contribution is -2.38. The molecule has 2 heterocycles. The van der Waals surface area contributed by atoms with E-state index in [1.54, 1.807) is 0 Å². The molecule has 0 aromatic heterocycles. The average Bonchev–Trinajstić information content (AvgIpc) is 3.30. The van der Waals surface area contributed by atoms with Crippen LogP contribution in [0.1, 0.15) is 19.3 Å². The minimum absolute atomic E-state index is 0.0372. The third-order valence-electron chi connectivity index (χ3n) is 6.73. The zero-order valence-electron chi connectivity index (χ0n) is 19.0. The number of hydrogen-bond donors (Lipinski definition) is 1. The van der Waals surface area contributed by atoms with Crippen molar-refractivity contribution < 1.29 is 14.1 Å². The predicted octanol–water partition coefficient (Wildman–Crippen LogP) is 3.73. The van der Waals surface area contributed by atoms with Gasteiger partial charge in [-0.05, 0) is 69.8 Å². The molecule has 1 unspecified atom stereocenters. The highest BCUT2D eigenvalue weighted by Gasteiger charge is 2.29. The van der Waals surface area contributed by atoms with Crippen molar-refractivity contribution in [1.82, 2.24) is 4.90 Å². The van der Waals surface area contributed by atoms with Gasteiger partial charge < -0.3 is 20.0 Å². The molecule has 0 bridgehead atoms. The highest BCUT2D eigenvalue weighted by molar-refractivity contribution is 5.93. The molecule has 9 heteroatoms. The first-order chi connectivity index (χ1) is 15.8. The Kier molecular flexibility index (Phi) is 6.78. The Morgan fingerprint density at radius 2 is 1.73 bits per heavy atom. The number of carbonyl (C=O) groups is 1. The largest absolute Gasteiger partial charge is 0.370 e. The number of nitrogens with one attached hydrogen (secondary N) is 1. The highest BCUT2D eigenvalue weighted by Crippen LogP contribution is 2.32. The molecule has 2 fully saturated rings. The number of rotatable bonds is 6. The van der Waals surface area contributed by atoms with Crippen molar-refractivity contribution >= 4 is 28.7 Å². The van der Waals surface area contributed by atoms with E-state index < -0.39 is 10.7 Å². The minimum Gasteiger partial charge on any atom is -0.370 e. The quantitative estimate of drug-likeness (QED) is 0.528. The van der Waals surface area contributed by atoms with Crippen LogP contribution in [-0.4, -0.2) is 62.0 Å². The number of halogens is 1. The molecule has 2 aliphatic heterocycles. The van der Waals surface area contributed by atoms with Crippen LogP contribution in [0.5, 0.6) is 0 Å². The lowest BCUT2D eigenvalue weighted by atomic mass is 9.95. The second-order valence-electron chi connectivity index (χ2n) is 9.04. The Morgan fingerprint density at radius 1 is 1.06 bits per heavy atom. The van der Waals surface area contributed by atoms with E-state index in [0.717, 1.165) is 37.0 Å². The maximum atomic E-state index is 13.4. The molecule has 2 aliphatic rings. The molecule has 2 aromatic carbocycles. The van der Waals surface area contributed by atoms with Crippen LogP contribution in [0.2, 0.25) is 0 Å². The van der Waals surface area contributed by atoms with Gasteiger partial charge in [0.2, 0.25) is 5.91 Å². The number of nitro groups is 1. The molecule has 0 spiro atoms. The topological polar surface area (TPSA) is 82.0 Å². The van der Waals surface area contributed by atoms with E-state index in [4.69, 9.17) is 0 Å². The number of nitro benzene ring substituents is 1. The summed E-state index contributed by atoms with van der Waals surface area (Å²) >= 11 is 0. The Bertz CT molecular complexity index is 1010. The highest BCUT2D eigenvalue weighted by atomic mass is 19.1. The third-order valence-corrected chi connectivity index (χ3v) is 6.73. The Balaban J connectivity index is 1.31. The van der Waals surface area contributed by atoms with Crippen molar-refractivity contribution in [2.45, 2.75) is 25.3 Å². The van der Waals surface area contributed by atoms with Crippen LogP contribution in [0.4, 0.5) is 27.1 Å². The first-order valence-electron chi connectivity index (χ1n) is 11.3. The van der Waals surface area contributed by atoms with E-state index in [9.17, 15) is 19.3 Å². The fraction of sp³-hybridized carbons (Fsp3) is 0.458. The van der Waals surface area contributed by atoms with Crippen molar-refractivity contribution in [2.24, 2.45) is 5.92 Å². The molecule has 8 nitrogen and oxygen atoms in total. The molecule has 4 rings (SSSR count). The maximum absolute atomic E-state index is 13.4. The molecule has 0 aliphatic carbocycles. The summed E-state index contributed by atoms with van der Waals surface area (Å²) in [5.41, 5.74) is 2.08. The first kappa shape index (κ1) is 23.0. The Hall–Kier alpha value is -3.20. The van der Waals surface area contributed by atoms with Gasteiger partial charge in [0, 0.05) is 49.5 Å². The van der Waals surface area contributed by atoms with Gasteiger partial charge in [-0.3, -0.25) is 14.9 Å². The predicted molar refractivity (Wildman–Crippen MR) is 127 cm³/mol. The fourth-order valence-corrected chi connectivity index (χ4v) is 4.69. The number of carbonyl (C=O) groups excluding carboxylic acids is 1. The van der Waals surface area contributed by atoms with Gasteiger partial charge in [0.1, 0.15) is 11.5 Å². The van der Waals surface area contributed by atoms with Crippen LogP contribution < -0.4 is 15.1 Å². The minimum atomic E-state index is -0.631. The van der Waals surface area contributed by atoms with E-state index in [1.807, 2.05) is 29.2 Å². The molecular weight excluding hydrogens is 425 g/mol. The van der Waals surface area contributed by atoms with E-state index >= 15 is 0 Å². The summed E-state index contributed by atoms with van der Waals surface area (Å²) < 4.78 is 13.4. The van der Waals surface area contributed by atoms with Crippen LogP contribution in [-0.2, 0) is 4.79 Å². The van der Waals surface area contributed by atoms with Gasteiger partial charge in [-0.1, -0.05) is 0 Å². The lowest BCUT2D eigenvalue weighted by Gasteiger charge is -2.32. The van der Waals surface area contributed by atoms with Crippen molar-refractivity contribution in [3.05, 3.63) is 58.4 Å². The van der Waals surface area contributed by atoms with Crippen LogP contribution in [0.3, 0.4) is 0 Å². The van der Waals surface area contributed by atoms with Crippen molar-refractivity contribution in [3.8, 4) is 0 Å². The normalized spacial score (nSPS) is 19.2. The standard InChI is InChI=1S/C24H30FN5O3/c1-27(2)21-11-14-29(16-21)20-6-4-19(5-7-20)26-24(31)17-9-12-28(13-10-17)22-8-3-18(25)15-23(22)30(32)33/h3-8,15,17,21H,9-14,16H2,1-2H3,(H,26,31). The van der Waals surface area contributed by atoms with Gasteiger partial charge in [-0.15, -0.1) is 0 Å². The summed E-state index contributed by atoms with van der Waals surface area (Å²) in [6.45, 7) is 3.04. The monoisotopic (exact) mass is 455 g/mol. The maximum Gasteiger partial charge on any atom is 0.295 e. The van der Waals surface area contributed by atoms with E-state index in [1.165, 1.54) is 12.1 Å². The first-order valence-corrected chi connectivity index (χ1v) is 11.3. The number of amides is 1. The van der Waals surface area contributed by atoms with Gasteiger partial charge >= 0.3 is 0 Å². The molecule has 33 heavy (non-hydrogen) atoms. The van der Waals surface area contributed by atoms with Gasteiger partial charge in [0.15, 0.2) is 0 Å². The third kappa shape index (κ3) is 5.24. The van der Waals surface area contributed by atoms with Crippen molar-refractivity contribution in [2.75, 3.05) is 55.4 Å². The zero-order valence-corrected chi connectivity index (χ0v) is 19.0. The van der Waals surface area contributed by atoms with Crippen LogP contribution in [0.15, 0.2) is 42.5 Å². The summed E-state index contributed by atoms with van der Waals surface area (Å²) in [5, 5.41) is 14.3. The van der Waals surface area contributed by atoms with Crippen molar-refractivity contribution in [1.29, 1.82) is 0 Å². The van der Waals surface area contributed by atoms with Crippen LogP contribution in [0.25, 0.3) is 0 Å². The number of benzene rings is 2. The average molecular weight is 456 g/mol. The fourth-order valence-electron chi connectivity index (χ4n) is 4.69. The number of likely N-dealkylation sites (N-methyl/N-ethyl adjacent to an activating group) is 1. The van der Waals surface area contributed by atoms with Crippen molar-refractivity contribution in [3.63, 3.8) is 0 Å². The molecule has 1 atom stereocenters. The number of hydrogen-bond acceptors (Lipinski definition) is 6. The van der Waals surface area contributed by atoms with Gasteiger partial charge in [0.05, 0.1) is 11.0 Å². The Labute approximate surface area is 193 Å². The van der Waals surface area contributed by atoms with E-state index in [2.05, 4.69) is 29.2 Å². The van der Waals surface area contributed by atoms with Crippen LogP contribution in [0, 0.1) is 21.8 Å². The van der Waals surface area contributed by atoms with Gasteiger partial charge in [0.25, 0.3) is 5.69 Å². The number of piperidine rings is 1. The second kappa shape index (κ2) is 9.74. The molecule has 2 saturated heterocycles. The molecule has 0 radical (unpaired) electrons.